The van der Waals surface area contributed by atoms with Crippen LogP contribution in [0.3, 0.4) is 0 Å². The Morgan fingerprint density at radius 2 is 1.58 bits per heavy atom. The summed E-state index contributed by atoms with van der Waals surface area (Å²) in [4.78, 5) is 31.0. The van der Waals surface area contributed by atoms with Crippen molar-refractivity contribution in [2.75, 3.05) is 37.6 Å². The van der Waals surface area contributed by atoms with E-state index in [1.807, 2.05) is 51.1 Å². The van der Waals surface area contributed by atoms with E-state index in [1.54, 1.807) is 9.80 Å². The molecule has 2 aliphatic rings. The molecule has 4 rings (SSSR count). The molecule has 0 aromatic heterocycles. The van der Waals surface area contributed by atoms with Crippen LogP contribution in [0.15, 0.2) is 48.5 Å². The minimum atomic E-state index is -0.495. The first-order chi connectivity index (χ1) is 15.8. The number of carbonyl (C=O) groups is 2. The highest BCUT2D eigenvalue weighted by Gasteiger charge is 2.29. The van der Waals surface area contributed by atoms with Crippen LogP contribution in [0.25, 0.3) is 0 Å². The molecular formula is C26H33N3O4. The second-order valence-electron chi connectivity index (χ2n) is 9.58. The highest BCUT2D eigenvalue weighted by atomic mass is 16.6. The molecule has 2 aliphatic heterocycles. The molecule has 33 heavy (non-hydrogen) atoms. The molecule has 0 atom stereocenters. The summed E-state index contributed by atoms with van der Waals surface area (Å²) in [6, 6.07) is 16.1. The maximum absolute atomic E-state index is 12.7. The molecule has 1 saturated heterocycles. The highest BCUT2D eigenvalue weighted by Crippen LogP contribution is 2.30. The number of anilines is 1. The third-order valence-corrected chi connectivity index (χ3v) is 5.98. The number of hydrogen-bond acceptors (Lipinski definition) is 5. The Hall–Kier alpha value is -3.22. The Labute approximate surface area is 195 Å². The van der Waals surface area contributed by atoms with E-state index < -0.39 is 5.60 Å². The summed E-state index contributed by atoms with van der Waals surface area (Å²) in [5, 5.41) is 0. The smallest absolute Gasteiger partial charge is 0.410 e. The van der Waals surface area contributed by atoms with Gasteiger partial charge in [0.2, 0.25) is 0 Å². The number of ether oxygens (including phenoxy) is 2. The van der Waals surface area contributed by atoms with Gasteiger partial charge in [0.1, 0.15) is 12.2 Å². The Morgan fingerprint density at radius 3 is 2.27 bits per heavy atom. The molecule has 176 valence electrons. The maximum atomic E-state index is 12.7. The van der Waals surface area contributed by atoms with Crippen LogP contribution in [-0.4, -0.2) is 60.3 Å². The Balaban J connectivity index is 1.38. The molecule has 0 unspecified atom stereocenters. The number of carbonyl (C=O) groups excluding carboxylic acids is 2. The molecule has 1 fully saturated rings. The number of fused-ring (bicyclic) bond motifs is 1. The van der Waals surface area contributed by atoms with E-state index in [9.17, 15) is 9.59 Å². The molecular weight excluding hydrogens is 418 g/mol. The number of nitrogens with zero attached hydrogens (tertiary/aromatic N) is 3. The van der Waals surface area contributed by atoms with Crippen LogP contribution in [0.1, 0.15) is 37.5 Å². The van der Waals surface area contributed by atoms with Gasteiger partial charge in [0.15, 0.2) is 0 Å². The summed E-state index contributed by atoms with van der Waals surface area (Å²) in [5.41, 5.74) is 4.06. The summed E-state index contributed by atoms with van der Waals surface area (Å²) in [6.45, 7) is 9.79. The van der Waals surface area contributed by atoms with E-state index in [4.69, 9.17) is 9.47 Å². The molecule has 0 aliphatic carbocycles. The first-order valence-corrected chi connectivity index (χ1v) is 11.6. The highest BCUT2D eigenvalue weighted by molar-refractivity contribution is 5.70. The molecule has 7 nitrogen and oxygen atoms in total. The molecule has 2 aromatic rings. The Kier molecular flexibility index (Phi) is 6.77. The fraction of sp³-hybridized carbons (Fsp3) is 0.462. The first kappa shape index (κ1) is 23.0. The number of benzene rings is 2. The summed E-state index contributed by atoms with van der Waals surface area (Å²) in [6.07, 6.45) is 0.264. The van der Waals surface area contributed by atoms with E-state index >= 15 is 0 Å². The predicted molar refractivity (Wildman–Crippen MR) is 127 cm³/mol. The quantitative estimate of drug-likeness (QED) is 0.691. The van der Waals surface area contributed by atoms with Gasteiger partial charge >= 0.3 is 12.2 Å². The lowest BCUT2D eigenvalue weighted by molar-refractivity contribution is 0.0240. The van der Waals surface area contributed by atoms with E-state index in [0.717, 1.165) is 30.8 Å². The van der Waals surface area contributed by atoms with Crippen LogP contribution in [0.4, 0.5) is 15.3 Å². The van der Waals surface area contributed by atoms with Gasteiger partial charge in [0.05, 0.1) is 6.54 Å². The monoisotopic (exact) mass is 451 g/mol. The third kappa shape index (κ3) is 5.78. The van der Waals surface area contributed by atoms with Crippen molar-refractivity contribution in [2.45, 2.75) is 45.9 Å². The summed E-state index contributed by atoms with van der Waals surface area (Å²) < 4.78 is 11.1. The summed E-state index contributed by atoms with van der Waals surface area (Å²) in [7, 11) is 0. The topological polar surface area (TPSA) is 62.3 Å². The molecule has 2 aromatic carbocycles. The first-order valence-electron chi connectivity index (χ1n) is 11.6. The second-order valence-corrected chi connectivity index (χ2v) is 9.58. The normalized spacial score (nSPS) is 16.3. The van der Waals surface area contributed by atoms with Crippen LogP contribution < -0.4 is 4.90 Å². The van der Waals surface area contributed by atoms with Crippen LogP contribution in [-0.2, 0) is 29.0 Å². The van der Waals surface area contributed by atoms with Gasteiger partial charge in [0.25, 0.3) is 0 Å². The molecule has 0 spiro atoms. The minimum absolute atomic E-state index is 0.260. The second kappa shape index (κ2) is 9.73. The van der Waals surface area contributed by atoms with Gasteiger partial charge in [-0.1, -0.05) is 42.5 Å². The number of amides is 2. The van der Waals surface area contributed by atoms with E-state index in [2.05, 4.69) is 23.1 Å². The van der Waals surface area contributed by atoms with Gasteiger partial charge < -0.3 is 24.2 Å². The zero-order valence-electron chi connectivity index (χ0n) is 19.8. The average Bonchev–Trinajstić information content (AvgIpc) is 2.81. The average molecular weight is 452 g/mol. The van der Waals surface area contributed by atoms with Crippen molar-refractivity contribution in [3.8, 4) is 0 Å². The zero-order chi connectivity index (χ0) is 23.4. The van der Waals surface area contributed by atoms with Crippen molar-refractivity contribution in [3.63, 3.8) is 0 Å². The van der Waals surface area contributed by atoms with Crippen molar-refractivity contribution in [1.29, 1.82) is 0 Å². The lowest BCUT2D eigenvalue weighted by Crippen LogP contribution is -2.50. The van der Waals surface area contributed by atoms with Crippen molar-refractivity contribution in [1.82, 2.24) is 9.80 Å². The molecule has 0 bridgehead atoms. The lowest BCUT2D eigenvalue weighted by atomic mass is 9.97. The largest absolute Gasteiger partial charge is 0.445 e. The van der Waals surface area contributed by atoms with Crippen molar-refractivity contribution < 1.29 is 19.1 Å². The van der Waals surface area contributed by atoms with Crippen molar-refractivity contribution >= 4 is 17.9 Å². The SMILES string of the molecule is CC(C)(C)OC(=O)N1CCN(c2cccc3c2CN(C(=O)OCc2ccccc2)CC3)CC1. The zero-order valence-corrected chi connectivity index (χ0v) is 19.8. The van der Waals surface area contributed by atoms with Crippen LogP contribution in [0.2, 0.25) is 0 Å². The maximum Gasteiger partial charge on any atom is 0.410 e. The van der Waals surface area contributed by atoms with Crippen molar-refractivity contribution in [2.24, 2.45) is 0 Å². The Morgan fingerprint density at radius 1 is 0.848 bits per heavy atom. The third-order valence-electron chi connectivity index (χ3n) is 5.98. The molecule has 2 heterocycles. The van der Waals surface area contributed by atoms with E-state index in [1.165, 1.54) is 11.1 Å². The van der Waals surface area contributed by atoms with E-state index in [0.29, 0.717) is 26.2 Å². The van der Waals surface area contributed by atoms with Gasteiger partial charge in [-0.05, 0) is 49.9 Å². The Bertz CT molecular complexity index is 979. The molecule has 7 heteroatoms. The van der Waals surface area contributed by atoms with Gasteiger partial charge in [0, 0.05) is 38.4 Å². The van der Waals surface area contributed by atoms with Gasteiger partial charge in [-0.15, -0.1) is 0 Å². The van der Waals surface area contributed by atoms with Crippen LogP contribution in [0.5, 0.6) is 0 Å². The van der Waals surface area contributed by atoms with Crippen molar-refractivity contribution in [3.05, 3.63) is 65.2 Å². The number of hydrogen-bond donors (Lipinski definition) is 0. The molecule has 2 amide bonds. The van der Waals surface area contributed by atoms with Crippen LogP contribution >= 0.6 is 0 Å². The lowest BCUT2D eigenvalue weighted by Gasteiger charge is -2.39. The summed E-state index contributed by atoms with van der Waals surface area (Å²) >= 11 is 0. The van der Waals surface area contributed by atoms with Crippen LogP contribution in [0, 0.1) is 0 Å². The molecule has 0 saturated carbocycles. The van der Waals surface area contributed by atoms with Gasteiger partial charge in [-0.25, -0.2) is 9.59 Å². The molecule has 0 radical (unpaired) electrons. The molecule has 0 N–H and O–H groups in total. The summed E-state index contributed by atoms with van der Waals surface area (Å²) in [5.74, 6) is 0. The minimum Gasteiger partial charge on any atom is -0.445 e. The standard InChI is InChI=1S/C26H33N3O4/c1-26(2,3)33-25(31)28-16-14-27(15-17-28)23-11-7-10-21-12-13-29(18-22(21)23)24(30)32-19-20-8-5-4-6-9-20/h4-11H,12-19H2,1-3H3. The van der Waals surface area contributed by atoms with Gasteiger partial charge in [-0.2, -0.15) is 0 Å². The predicted octanol–water partition coefficient (Wildman–Crippen LogP) is 4.44. The fourth-order valence-corrected chi connectivity index (χ4v) is 4.28. The van der Waals surface area contributed by atoms with E-state index in [-0.39, 0.29) is 18.8 Å². The number of rotatable bonds is 3. The number of piperazine rings is 1. The van der Waals surface area contributed by atoms with Gasteiger partial charge in [-0.3, -0.25) is 0 Å². The fourth-order valence-electron chi connectivity index (χ4n) is 4.28.